The average molecular weight is 511 g/mol. The van der Waals surface area contributed by atoms with Crippen LogP contribution in [-0.2, 0) is 0 Å². The summed E-state index contributed by atoms with van der Waals surface area (Å²) in [5, 5.41) is 5.70. The number of hydrogen-bond donors (Lipinski definition) is 0. The van der Waals surface area contributed by atoms with E-state index in [1.807, 2.05) is 39.8 Å². The number of nitrogens with zero attached hydrogens (tertiary/aromatic N) is 3. The number of benzene rings is 2. The summed E-state index contributed by atoms with van der Waals surface area (Å²) in [4.78, 5) is 17.9. The Morgan fingerprint density at radius 3 is 2.47 bits per heavy atom. The van der Waals surface area contributed by atoms with E-state index in [9.17, 15) is 4.79 Å². The Hall–Kier alpha value is -1.89. The molecule has 5 nitrogen and oxygen atoms in total. The standard InChI is InChI=1S/C22H22BrCl2N3O2/c1-5-13(4)21-27-19-7-6-15(23)10-16(19)22(29)28(21)26-11-14-8-17(24)20(18(25)9-14)30-12(2)3/h6-13H,5H2,1-4H3/t13-/m0/s1. The van der Waals surface area contributed by atoms with E-state index in [-0.39, 0.29) is 17.6 Å². The Labute approximate surface area is 193 Å². The summed E-state index contributed by atoms with van der Waals surface area (Å²) in [5.74, 6) is 1.09. The van der Waals surface area contributed by atoms with Crippen LogP contribution < -0.4 is 10.3 Å². The first-order chi connectivity index (χ1) is 14.2. The van der Waals surface area contributed by atoms with E-state index >= 15 is 0 Å². The minimum atomic E-state index is -0.232. The minimum absolute atomic E-state index is 0.0527. The van der Waals surface area contributed by atoms with E-state index in [0.29, 0.717) is 38.1 Å². The second-order valence-corrected chi connectivity index (χ2v) is 9.01. The zero-order chi connectivity index (χ0) is 22.0. The molecule has 1 heterocycles. The van der Waals surface area contributed by atoms with Crippen LogP contribution >= 0.6 is 39.1 Å². The molecule has 0 spiro atoms. The monoisotopic (exact) mass is 509 g/mol. The number of hydrogen-bond acceptors (Lipinski definition) is 4. The molecule has 8 heteroatoms. The van der Waals surface area contributed by atoms with Crippen LogP contribution in [0.1, 0.15) is 51.4 Å². The van der Waals surface area contributed by atoms with E-state index in [0.717, 1.165) is 10.9 Å². The summed E-state index contributed by atoms with van der Waals surface area (Å²) in [6.07, 6.45) is 2.32. The maximum absolute atomic E-state index is 13.2. The highest BCUT2D eigenvalue weighted by Crippen LogP contribution is 2.34. The maximum Gasteiger partial charge on any atom is 0.282 e. The SMILES string of the molecule is CC[C@H](C)c1nc2ccc(Br)cc2c(=O)n1N=Cc1cc(Cl)c(OC(C)C)c(Cl)c1. The quantitative estimate of drug-likeness (QED) is 0.349. The number of rotatable bonds is 6. The molecule has 1 aromatic heterocycles. The Morgan fingerprint density at radius 1 is 1.20 bits per heavy atom. The molecular formula is C22H22BrCl2N3O2. The van der Waals surface area contributed by atoms with Crippen LogP contribution in [0.15, 0.2) is 44.7 Å². The number of halogens is 3. The summed E-state index contributed by atoms with van der Waals surface area (Å²) in [7, 11) is 0. The molecule has 0 aliphatic heterocycles. The van der Waals surface area contributed by atoms with E-state index in [4.69, 9.17) is 32.9 Å². The third kappa shape index (κ3) is 4.88. The van der Waals surface area contributed by atoms with Crippen LogP contribution in [0.3, 0.4) is 0 Å². The fourth-order valence-corrected chi connectivity index (χ4v) is 3.86. The predicted molar refractivity (Wildman–Crippen MR) is 128 cm³/mol. The molecule has 2 aromatic carbocycles. The second kappa shape index (κ2) is 9.50. The maximum atomic E-state index is 13.2. The van der Waals surface area contributed by atoms with Crippen LogP contribution in [0.4, 0.5) is 0 Å². The van der Waals surface area contributed by atoms with Crippen molar-refractivity contribution in [3.05, 3.63) is 66.6 Å². The zero-order valence-corrected chi connectivity index (χ0v) is 20.2. The van der Waals surface area contributed by atoms with Crippen LogP contribution in [0.5, 0.6) is 5.75 Å². The Balaban J connectivity index is 2.11. The smallest absolute Gasteiger partial charge is 0.282 e. The zero-order valence-electron chi connectivity index (χ0n) is 17.1. The highest BCUT2D eigenvalue weighted by molar-refractivity contribution is 9.10. The Kier molecular flexibility index (Phi) is 7.22. The van der Waals surface area contributed by atoms with Gasteiger partial charge in [0, 0.05) is 10.4 Å². The molecule has 0 fully saturated rings. The third-order valence-corrected chi connectivity index (χ3v) is 5.64. The van der Waals surface area contributed by atoms with Gasteiger partial charge in [-0.25, -0.2) is 4.98 Å². The van der Waals surface area contributed by atoms with Gasteiger partial charge in [-0.1, -0.05) is 53.0 Å². The van der Waals surface area contributed by atoms with Crippen molar-refractivity contribution in [2.75, 3.05) is 0 Å². The molecule has 0 saturated carbocycles. The van der Waals surface area contributed by atoms with Gasteiger partial charge < -0.3 is 4.74 Å². The normalized spacial score (nSPS) is 12.8. The van der Waals surface area contributed by atoms with Crippen LogP contribution in [0.2, 0.25) is 10.0 Å². The average Bonchev–Trinajstić information content (AvgIpc) is 2.69. The molecule has 0 unspecified atom stereocenters. The summed E-state index contributed by atoms with van der Waals surface area (Å²) >= 11 is 16.1. The molecule has 3 aromatic rings. The van der Waals surface area contributed by atoms with Gasteiger partial charge >= 0.3 is 0 Å². The summed E-state index contributed by atoms with van der Waals surface area (Å²) in [5.41, 5.74) is 1.06. The molecule has 158 valence electrons. The Bertz CT molecular complexity index is 1150. The number of aromatic nitrogens is 2. The van der Waals surface area contributed by atoms with Gasteiger partial charge in [0.1, 0.15) is 5.82 Å². The summed E-state index contributed by atoms with van der Waals surface area (Å²) < 4.78 is 7.82. The highest BCUT2D eigenvalue weighted by atomic mass is 79.9. The molecule has 0 saturated heterocycles. The molecule has 0 radical (unpaired) electrons. The van der Waals surface area contributed by atoms with Crippen molar-refractivity contribution in [1.29, 1.82) is 0 Å². The van der Waals surface area contributed by atoms with Crippen molar-refractivity contribution in [3.63, 3.8) is 0 Å². The molecule has 0 bridgehead atoms. The Morgan fingerprint density at radius 2 is 1.87 bits per heavy atom. The molecule has 3 rings (SSSR count). The molecular weight excluding hydrogens is 489 g/mol. The third-order valence-electron chi connectivity index (χ3n) is 4.58. The second-order valence-electron chi connectivity index (χ2n) is 7.28. The lowest BCUT2D eigenvalue weighted by Crippen LogP contribution is -2.23. The van der Waals surface area contributed by atoms with Crippen molar-refractivity contribution in [2.45, 2.75) is 46.1 Å². The van der Waals surface area contributed by atoms with E-state index in [2.05, 4.69) is 21.0 Å². The topological polar surface area (TPSA) is 56.5 Å². The number of ether oxygens (including phenoxy) is 1. The van der Waals surface area contributed by atoms with Crippen LogP contribution in [-0.4, -0.2) is 22.0 Å². The first-order valence-electron chi connectivity index (χ1n) is 9.63. The van der Waals surface area contributed by atoms with Crippen molar-refractivity contribution < 1.29 is 4.74 Å². The van der Waals surface area contributed by atoms with Gasteiger partial charge in [0.2, 0.25) is 0 Å². The van der Waals surface area contributed by atoms with Gasteiger partial charge in [0.25, 0.3) is 5.56 Å². The summed E-state index contributed by atoms with van der Waals surface area (Å²) in [6, 6.07) is 8.85. The lowest BCUT2D eigenvalue weighted by molar-refractivity contribution is 0.243. The molecule has 1 atom stereocenters. The molecule has 30 heavy (non-hydrogen) atoms. The predicted octanol–water partition coefficient (Wildman–Crippen LogP) is 6.65. The van der Waals surface area contributed by atoms with Crippen molar-refractivity contribution in [1.82, 2.24) is 9.66 Å². The fraction of sp³-hybridized carbons (Fsp3) is 0.318. The first kappa shape index (κ1) is 22.8. The van der Waals surface area contributed by atoms with Gasteiger partial charge in [-0.3, -0.25) is 4.79 Å². The van der Waals surface area contributed by atoms with Gasteiger partial charge in [-0.15, -0.1) is 0 Å². The molecule has 0 N–H and O–H groups in total. The van der Waals surface area contributed by atoms with E-state index in [1.165, 1.54) is 4.68 Å². The lowest BCUT2D eigenvalue weighted by atomic mass is 10.1. The molecule has 0 amide bonds. The van der Waals surface area contributed by atoms with Gasteiger partial charge in [0.05, 0.1) is 33.3 Å². The van der Waals surface area contributed by atoms with E-state index < -0.39 is 0 Å². The van der Waals surface area contributed by atoms with Crippen molar-refractivity contribution in [2.24, 2.45) is 5.10 Å². The van der Waals surface area contributed by atoms with Crippen molar-refractivity contribution in [3.8, 4) is 5.75 Å². The van der Waals surface area contributed by atoms with Crippen LogP contribution in [0.25, 0.3) is 10.9 Å². The number of fused-ring (bicyclic) bond motifs is 1. The summed E-state index contributed by atoms with van der Waals surface area (Å²) in [6.45, 7) is 7.86. The van der Waals surface area contributed by atoms with Crippen LogP contribution in [0, 0.1) is 0 Å². The molecule has 0 aliphatic carbocycles. The molecule has 0 aliphatic rings. The van der Waals surface area contributed by atoms with Crippen molar-refractivity contribution >= 4 is 56.2 Å². The fourth-order valence-electron chi connectivity index (χ4n) is 2.91. The largest absolute Gasteiger partial charge is 0.488 e. The van der Waals surface area contributed by atoms with Gasteiger partial charge in [-0.2, -0.15) is 9.78 Å². The van der Waals surface area contributed by atoms with Gasteiger partial charge in [0.15, 0.2) is 5.75 Å². The minimum Gasteiger partial charge on any atom is -0.488 e. The van der Waals surface area contributed by atoms with Gasteiger partial charge in [-0.05, 0) is 56.2 Å². The first-order valence-corrected chi connectivity index (χ1v) is 11.2. The lowest BCUT2D eigenvalue weighted by Gasteiger charge is -2.14. The van der Waals surface area contributed by atoms with E-state index in [1.54, 1.807) is 24.4 Å². The highest BCUT2D eigenvalue weighted by Gasteiger charge is 2.16.